The number of nitrogens with zero attached hydrogens (tertiary/aromatic N) is 1. The van der Waals surface area contributed by atoms with Crippen molar-refractivity contribution in [2.45, 2.75) is 19.3 Å². The van der Waals surface area contributed by atoms with Gasteiger partial charge in [-0.2, -0.15) is 0 Å². The van der Waals surface area contributed by atoms with Crippen LogP contribution in [-0.4, -0.2) is 0 Å². The molecule has 0 aliphatic heterocycles. The van der Waals surface area contributed by atoms with Crippen molar-refractivity contribution in [1.82, 2.24) is 0 Å². The summed E-state index contributed by atoms with van der Waals surface area (Å²) in [5, 5.41) is 6.77. The van der Waals surface area contributed by atoms with Gasteiger partial charge in [0.15, 0.2) is 5.58 Å². The second-order valence-electron chi connectivity index (χ2n) is 14.5. The Morgan fingerprint density at radius 2 is 1.06 bits per heavy atom. The summed E-state index contributed by atoms with van der Waals surface area (Å²) in [6, 6.07) is 58.6. The molecule has 0 N–H and O–H groups in total. The Morgan fingerprint density at radius 1 is 0.423 bits per heavy atom. The van der Waals surface area contributed by atoms with E-state index in [1.165, 1.54) is 27.6 Å². The summed E-state index contributed by atoms with van der Waals surface area (Å²) in [6.07, 6.45) is 0. The number of hydrogen-bond donors (Lipinski definition) is 0. The fraction of sp³-hybridized carbons (Fsp3) is 0.0612. The van der Waals surface area contributed by atoms with Crippen molar-refractivity contribution < 1.29 is 8.83 Å². The van der Waals surface area contributed by atoms with Crippen LogP contribution < -0.4 is 4.90 Å². The monoisotopic (exact) mass is 667 g/mol. The van der Waals surface area contributed by atoms with Crippen molar-refractivity contribution in [2.24, 2.45) is 0 Å². The fourth-order valence-electron chi connectivity index (χ4n) is 8.78. The van der Waals surface area contributed by atoms with Crippen LogP contribution in [0.1, 0.15) is 25.0 Å². The zero-order chi connectivity index (χ0) is 34.6. The molecular weight excluding hydrogens is 635 g/mol. The lowest BCUT2D eigenvalue weighted by Crippen LogP contribution is -2.16. The van der Waals surface area contributed by atoms with Crippen LogP contribution in [0.2, 0.25) is 0 Å². The lowest BCUT2D eigenvalue weighted by Gasteiger charge is -2.29. The Hall–Kier alpha value is -6.58. The van der Waals surface area contributed by atoms with E-state index in [9.17, 15) is 0 Å². The maximum Gasteiger partial charge on any atom is 0.159 e. The van der Waals surface area contributed by atoms with Crippen LogP contribution in [0.15, 0.2) is 173 Å². The molecule has 11 rings (SSSR count). The minimum absolute atomic E-state index is 0.132. The minimum Gasteiger partial charge on any atom is -0.455 e. The normalized spacial score (nSPS) is 13.3. The van der Waals surface area contributed by atoms with Gasteiger partial charge >= 0.3 is 0 Å². The molecule has 3 heteroatoms. The topological polar surface area (TPSA) is 29.5 Å². The number of hydrogen-bond acceptors (Lipinski definition) is 3. The van der Waals surface area contributed by atoms with Crippen molar-refractivity contribution >= 4 is 71.7 Å². The number of rotatable bonds is 4. The predicted molar refractivity (Wildman–Crippen MR) is 216 cm³/mol. The molecule has 2 heterocycles. The van der Waals surface area contributed by atoms with Gasteiger partial charge in [-0.25, -0.2) is 0 Å². The molecule has 0 amide bonds. The smallest absolute Gasteiger partial charge is 0.159 e. The number of benzene rings is 8. The zero-order valence-electron chi connectivity index (χ0n) is 28.9. The Morgan fingerprint density at radius 3 is 1.94 bits per heavy atom. The van der Waals surface area contributed by atoms with Gasteiger partial charge in [-0.1, -0.05) is 141 Å². The van der Waals surface area contributed by atoms with Crippen LogP contribution in [-0.2, 0) is 5.41 Å². The summed E-state index contributed by atoms with van der Waals surface area (Å²) in [5.74, 6) is 0. The number of anilines is 3. The molecule has 246 valence electrons. The third-order valence-corrected chi connectivity index (χ3v) is 11.3. The third-order valence-electron chi connectivity index (χ3n) is 11.3. The molecule has 0 fully saturated rings. The first kappa shape index (κ1) is 29.2. The van der Waals surface area contributed by atoms with E-state index in [0.717, 1.165) is 77.5 Å². The lowest BCUT2D eigenvalue weighted by atomic mass is 9.82. The van der Waals surface area contributed by atoms with Crippen LogP contribution in [0.3, 0.4) is 0 Å². The first-order valence-corrected chi connectivity index (χ1v) is 17.9. The van der Waals surface area contributed by atoms with Gasteiger partial charge in [-0.05, 0) is 64.0 Å². The lowest BCUT2D eigenvalue weighted by molar-refractivity contribution is 0.660. The molecule has 0 saturated heterocycles. The van der Waals surface area contributed by atoms with Crippen molar-refractivity contribution in [3.8, 4) is 22.3 Å². The number of fused-ring (bicyclic) bond motifs is 11. The van der Waals surface area contributed by atoms with E-state index < -0.39 is 0 Å². The summed E-state index contributed by atoms with van der Waals surface area (Å²) < 4.78 is 13.4. The van der Waals surface area contributed by atoms with Crippen molar-refractivity contribution in [3.05, 3.63) is 175 Å². The van der Waals surface area contributed by atoms with E-state index in [4.69, 9.17) is 8.83 Å². The highest BCUT2D eigenvalue weighted by molar-refractivity contribution is 6.18. The molecule has 0 unspecified atom stereocenters. The molecule has 0 bridgehead atoms. The number of para-hydroxylation sites is 3. The first-order valence-electron chi connectivity index (χ1n) is 17.9. The minimum atomic E-state index is -0.132. The molecular formula is C49H33NO2. The van der Waals surface area contributed by atoms with Gasteiger partial charge in [-0.3, -0.25) is 0 Å². The third kappa shape index (κ3) is 4.02. The standard InChI is InChI=1S/C49H33NO2/c1-49(2)40-19-7-5-15-39(40)45-41(49)20-11-21-42(45)50(43-22-10-18-37-38-29-26-30-12-3-4-13-33(30)47(38)52-48(37)43)32-27-24-31(25-28-32)34-16-9-17-36-35-14-6-8-23-44(35)51-46(34)36/h3-29H,1-2H3. The maximum atomic E-state index is 6.97. The maximum absolute atomic E-state index is 6.97. The van der Waals surface area contributed by atoms with Crippen LogP contribution in [0.4, 0.5) is 17.1 Å². The molecule has 3 nitrogen and oxygen atoms in total. The molecule has 0 atom stereocenters. The molecule has 0 radical (unpaired) electrons. The van der Waals surface area contributed by atoms with Gasteiger partial charge < -0.3 is 13.7 Å². The summed E-state index contributed by atoms with van der Waals surface area (Å²) in [5.41, 5.74) is 14.0. The van der Waals surface area contributed by atoms with Crippen molar-refractivity contribution in [2.75, 3.05) is 4.90 Å². The predicted octanol–water partition coefficient (Wildman–Crippen LogP) is 14.1. The molecule has 8 aromatic carbocycles. The Kier molecular flexibility index (Phi) is 6.01. The Bertz CT molecular complexity index is 3050. The van der Waals surface area contributed by atoms with E-state index in [0.29, 0.717) is 0 Å². The van der Waals surface area contributed by atoms with Crippen molar-refractivity contribution in [3.63, 3.8) is 0 Å². The van der Waals surface area contributed by atoms with E-state index in [2.05, 4.69) is 170 Å². The highest BCUT2D eigenvalue weighted by atomic mass is 16.3. The Balaban J connectivity index is 1.16. The molecule has 52 heavy (non-hydrogen) atoms. The highest BCUT2D eigenvalue weighted by Crippen LogP contribution is 2.55. The van der Waals surface area contributed by atoms with Gasteiger partial charge in [0.05, 0.1) is 11.4 Å². The average molecular weight is 668 g/mol. The van der Waals surface area contributed by atoms with Crippen molar-refractivity contribution in [1.29, 1.82) is 0 Å². The fourth-order valence-corrected chi connectivity index (χ4v) is 8.78. The zero-order valence-corrected chi connectivity index (χ0v) is 28.9. The largest absolute Gasteiger partial charge is 0.455 e. The second kappa shape index (κ2) is 10.7. The molecule has 1 aliphatic rings. The average Bonchev–Trinajstić information content (AvgIpc) is 3.84. The van der Waals surface area contributed by atoms with Crippen LogP contribution >= 0.6 is 0 Å². The quantitative estimate of drug-likeness (QED) is 0.187. The van der Waals surface area contributed by atoms with E-state index in [1.54, 1.807) is 0 Å². The molecule has 1 aliphatic carbocycles. The SMILES string of the molecule is CC1(C)c2ccccc2-c2c(N(c3ccc(-c4cccc5c4oc4ccccc45)cc3)c3cccc4c3oc3c5ccccc5ccc43)cccc21. The van der Waals surface area contributed by atoms with Gasteiger partial charge in [-0.15, -0.1) is 0 Å². The van der Waals surface area contributed by atoms with E-state index in [1.807, 2.05) is 12.1 Å². The Labute approximate surface area is 301 Å². The first-order chi connectivity index (χ1) is 25.6. The van der Waals surface area contributed by atoms with Crippen LogP contribution in [0.25, 0.3) is 76.9 Å². The molecule has 2 aromatic heterocycles. The summed E-state index contributed by atoms with van der Waals surface area (Å²) in [6.45, 7) is 4.68. The highest BCUT2D eigenvalue weighted by Gasteiger charge is 2.38. The summed E-state index contributed by atoms with van der Waals surface area (Å²) >= 11 is 0. The van der Waals surface area contributed by atoms with Gasteiger partial charge in [0.2, 0.25) is 0 Å². The second-order valence-corrected chi connectivity index (χ2v) is 14.5. The molecule has 10 aromatic rings. The summed E-state index contributed by atoms with van der Waals surface area (Å²) in [7, 11) is 0. The van der Waals surface area contributed by atoms with Crippen LogP contribution in [0.5, 0.6) is 0 Å². The van der Waals surface area contributed by atoms with E-state index in [-0.39, 0.29) is 5.41 Å². The van der Waals surface area contributed by atoms with E-state index >= 15 is 0 Å². The van der Waals surface area contributed by atoms with Gasteiger partial charge in [0.25, 0.3) is 0 Å². The summed E-state index contributed by atoms with van der Waals surface area (Å²) in [4.78, 5) is 2.40. The van der Waals surface area contributed by atoms with Crippen LogP contribution in [0, 0.1) is 0 Å². The molecule has 0 saturated carbocycles. The molecule has 0 spiro atoms. The van der Waals surface area contributed by atoms with Gasteiger partial charge in [0.1, 0.15) is 16.7 Å². The number of furan rings is 2. The van der Waals surface area contributed by atoms with Gasteiger partial charge in [0, 0.05) is 49.2 Å².